The molecule has 69 heavy (non-hydrogen) atoms. The van der Waals surface area contributed by atoms with E-state index in [1.165, 1.54) is 32.1 Å². The molecule has 5 aliphatic rings. The Kier molecular flexibility index (Phi) is 11.4. The molecule has 21 heteroatoms. The van der Waals surface area contributed by atoms with Gasteiger partial charge in [-0.3, -0.25) is 44.7 Å². The lowest BCUT2D eigenvalue weighted by Gasteiger charge is -2.39. The number of hydrogen-bond acceptors (Lipinski definition) is 11. The number of piperazine rings is 1. The number of imidazole rings is 1. The van der Waals surface area contributed by atoms with Gasteiger partial charge in [0.2, 0.25) is 11.8 Å². The van der Waals surface area contributed by atoms with Crippen LogP contribution in [0.25, 0.3) is 22.0 Å². The van der Waals surface area contributed by atoms with E-state index in [0.29, 0.717) is 71.4 Å². The molecule has 3 aromatic heterocycles. The number of benzene rings is 3. The van der Waals surface area contributed by atoms with Crippen molar-refractivity contribution in [3.05, 3.63) is 106 Å². The quantitative estimate of drug-likeness (QED) is 0.141. The number of carbonyl (C=O) groups is 5. The minimum atomic E-state index is -3.17. The molecule has 356 valence electrons. The Labute approximate surface area is 397 Å². The van der Waals surface area contributed by atoms with E-state index >= 15 is 13.2 Å². The van der Waals surface area contributed by atoms with Crippen LogP contribution in [0.5, 0.6) is 0 Å². The van der Waals surface area contributed by atoms with E-state index < -0.39 is 48.1 Å². The number of nitrogens with zero attached hydrogens (tertiary/aromatic N) is 9. The summed E-state index contributed by atoms with van der Waals surface area (Å²) < 4.78 is 49.5. The largest absolute Gasteiger partial charge is 0.369 e. The molecule has 8 heterocycles. The average Bonchev–Trinajstić information content (AvgIpc) is 4.21. The maximum atomic E-state index is 16.0. The highest BCUT2D eigenvalue weighted by Crippen LogP contribution is 2.42. The third kappa shape index (κ3) is 8.36. The van der Waals surface area contributed by atoms with Crippen molar-refractivity contribution in [3.63, 3.8) is 0 Å². The van der Waals surface area contributed by atoms with Crippen molar-refractivity contribution in [1.29, 1.82) is 0 Å². The second-order valence-corrected chi connectivity index (χ2v) is 19.1. The molecule has 3 N–H and O–H groups in total. The van der Waals surface area contributed by atoms with Crippen LogP contribution in [-0.2, 0) is 33.9 Å². The zero-order chi connectivity index (χ0) is 47.6. The first kappa shape index (κ1) is 44.4. The second-order valence-electron chi connectivity index (χ2n) is 18.2. The van der Waals surface area contributed by atoms with Crippen LogP contribution in [0.1, 0.15) is 70.5 Å². The fourth-order valence-corrected chi connectivity index (χ4v) is 11.0. The van der Waals surface area contributed by atoms with Gasteiger partial charge in [-0.25, -0.2) is 27.9 Å². The Morgan fingerprint density at radius 1 is 0.928 bits per heavy atom. The van der Waals surface area contributed by atoms with E-state index in [9.17, 15) is 24.0 Å². The van der Waals surface area contributed by atoms with Gasteiger partial charge in [0.05, 0.1) is 36.5 Å². The van der Waals surface area contributed by atoms with Crippen LogP contribution in [0.4, 0.5) is 34.6 Å². The van der Waals surface area contributed by atoms with Crippen LogP contribution in [0.15, 0.2) is 72.5 Å². The molecule has 17 nitrogen and oxygen atoms in total. The number of H-pyrrole nitrogens is 1. The van der Waals surface area contributed by atoms with Crippen LogP contribution in [0.3, 0.4) is 0 Å². The Hall–Kier alpha value is -7.13. The van der Waals surface area contributed by atoms with Crippen LogP contribution >= 0.6 is 11.3 Å². The van der Waals surface area contributed by atoms with Gasteiger partial charge >= 0.3 is 6.03 Å². The third-order valence-corrected chi connectivity index (χ3v) is 14.8. The number of halogens is 3. The lowest BCUT2D eigenvalue weighted by molar-refractivity contribution is -0.144. The lowest BCUT2D eigenvalue weighted by atomic mass is 9.85. The zero-order valence-electron chi connectivity index (χ0n) is 37.3. The molecule has 3 saturated heterocycles. The summed E-state index contributed by atoms with van der Waals surface area (Å²) in [6, 6.07) is 14.0. The number of nitrogens with one attached hydrogen (secondary N) is 3. The Morgan fingerprint density at radius 2 is 1.75 bits per heavy atom. The van der Waals surface area contributed by atoms with Crippen molar-refractivity contribution < 1.29 is 37.1 Å². The number of carbonyl (C=O) groups excluding carboxylic acids is 5. The number of hydrogen-bond donors (Lipinski definition) is 3. The van der Waals surface area contributed by atoms with Gasteiger partial charge in [-0.1, -0.05) is 18.2 Å². The second kappa shape index (κ2) is 17.7. The van der Waals surface area contributed by atoms with Crippen molar-refractivity contribution in [2.45, 2.75) is 63.1 Å². The fraction of sp³-hybridized carbons (Fsp3) is 0.375. The highest BCUT2D eigenvalue weighted by atomic mass is 32.1. The first-order valence-corrected chi connectivity index (χ1v) is 24.0. The fourth-order valence-electron chi connectivity index (χ4n) is 10.4. The van der Waals surface area contributed by atoms with E-state index in [4.69, 9.17) is 0 Å². The number of aromatic nitrogens is 5. The molecular weight excluding hydrogens is 914 g/mol. The number of aromatic amines is 1. The maximum Gasteiger partial charge on any atom is 0.329 e. The molecule has 6 amide bonds. The van der Waals surface area contributed by atoms with E-state index in [2.05, 4.69) is 40.6 Å². The number of rotatable bonds is 11. The third-order valence-electron chi connectivity index (χ3n) is 14.1. The molecule has 3 fully saturated rings. The Morgan fingerprint density at radius 3 is 2.52 bits per heavy atom. The number of aryl methyl sites for hydroxylation is 1. The van der Waals surface area contributed by atoms with E-state index in [0.717, 1.165) is 36.3 Å². The number of likely N-dealkylation sites (tertiary alicyclic amines) is 1. The van der Waals surface area contributed by atoms with E-state index in [1.807, 2.05) is 28.8 Å². The molecular formula is C48H47F3N12O5S. The Bertz CT molecular complexity index is 3010. The number of piperidine rings is 1. The summed E-state index contributed by atoms with van der Waals surface area (Å²) >= 11 is 1.26. The highest BCUT2D eigenvalue weighted by molar-refractivity contribution is 7.13. The number of anilines is 3. The van der Waals surface area contributed by atoms with Crippen LogP contribution in [-0.4, -0.2) is 127 Å². The molecule has 11 rings (SSSR count). The monoisotopic (exact) mass is 960 g/mol. The predicted octanol–water partition coefficient (Wildman–Crippen LogP) is 5.91. The van der Waals surface area contributed by atoms with Crippen molar-refractivity contribution in [2.75, 3.05) is 67.5 Å². The van der Waals surface area contributed by atoms with Crippen molar-refractivity contribution in [3.8, 4) is 11.1 Å². The van der Waals surface area contributed by atoms with Gasteiger partial charge in [0.25, 0.3) is 17.7 Å². The summed E-state index contributed by atoms with van der Waals surface area (Å²) in [5.74, 6) is -6.08. The zero-order valence-corrected chi connectivity index (χ0v) is 38.1. The van der Waals surface area contributed by atoms with Crippen molar-refractivity contribution in [2.24, 2.45) is 0 Å². The summed E-state index contributed by atoms with van der Waals surface area (Å²) in [4.78, 5) is 82.5. The lowest BCUT2D eigenvalue weighted by Crippen LogP contribution is -2.51. The summed E-state index contributed by atoms with van der Waals surface area (Å²) in [5, 5.41) is 14.9. The molecule has 0 radical (unpaired) electrons. The topological polar surface area (TPSA) is 185 Å². The van der Waals surface area contributed by atoms with Crippen LogP contribution < -0.4 is 20.4 Å². The van der Waals surface area contributed by atoms with Gasteiger partial charge in [-0.05, 0) is 72.4 Å². The number of amides is 6. The first-order chi connectivity index (χ1) is 33.4. The van der Waals surface area contributed by atoms with Gasteiger partial charge in [0.15, 0.2) is 17.0 Å². The summed E-state index contributed by atoms with van der Waals surface area (Å²) in [6.07, 6.45) is 5.23. The molecule has 0 bridgehead atoms. The molecule has 0 saturated carbocycles. The molecule has 3 aromatic carbocycles. The Balaban J connectivity index is 0.682. The highest BCUT2D eigenvalue weighted by Gasteiger charge is 2.47. The summed E-state index contributed by atoms with van der Waals surface area (Å²) in [6.45, 7) is 3.52. The van der Waals surface area contributed by atoms with Crippen molar-refractivity contribution in [1.82, 2.24) is 44.7 Å². The molecule has 5 aliphatic heterocycles. The summed E-state index contributed by atoms with van der Waals surface area (Å²) in [5.41, 5.74) is 4.94. The number of alkyl halides is 2. The number of urea groups is 1. The SMILES string of the molecule is O=C1CCN(c2n[nH]c3cc(C4CCN(C(=O)CCN5CCN(c6ccc(-c7cc(F)c8c(c7)C(=O)N(C(C(=O)Nc7nccs7)c7ncn9c7CCC9)C8)cc6)CC5)CC4(F)F)ccc23)C(=O)N1. The van der Waals surface area contributed by atoms with Gasteiger partial charge in [0.1, 0.15) is 5.82 Å². The maximum absolute atomic E-state index is 16.0. The van der Waals surface area contributed by atoms with Gasteiger partial charge in [-0.2, -0.15) is 5.10 Å². The average molecular weight is 961 g/mol. The summed E-state index contributed by atoms with van der Waals surface area (Å²) in [7, 11) is 0. The minimum absolute atomic E-state index is 0.0833. The van der Waals surface area contributed by atoms with Gasteiger partial charge in [-0.15, -0.1) is 11.3 Å². The minimum Gasteiger partial charge on any atom is -0.369 e. The number of fused-ring (bicyclic) bond motifs is 3. The van der Waals surface area contributed by atoms with Crippen LogP contribution in [0, 0.1) is 5.82 Å². The number of thiazole rings is 1. The molecule has 2 atom stereocenters. The van der Waals surface area contributed by atoms with Crippen LogP contribution in [0.2, 0.25) is 0 Å². The molecule has 0 aliphatic carbocycles. The number of imide groups is 1. The normalized spacial score (nSPS) is 19.8. The molecule has 0 spiro atoms. The predicted molar refractivity (Wildman–Crippen MR) is 249 cm³/mol. The van der Waals surface area contributed by atoms with E-state index in [1.54, 1.807) is 42.2 Å². The smallest absolute Gasteiger partial charge is 0.329 e. The van der Waals surface area contributed by atoms with Crippen molar-refractivity contribution >= 4 is 68.5 Å². The molecule has 6 aromatic rings. The first-order valence-electron chi connectivity index (χ1n) is 23.1. The van der Waals surface area contributed by atoms with Gasteiger partial charge < -0.3 is 19.3 Å². The standard InChI is InChI=1S/C48H47F3N12O5S/c49-36-23-30(22-33-34(36)25-63(45(33)67)42(44(66)55-46-52-12-21-69-46)41-38-2-1-13-61(38)27-53-41)28-3-6-31(7-4-28)59-19-17-58(18-20-59)14-11-40(65)60-15-9-35(48(50,51)26-60)29-5-8-32-37(24-29)56-57-43(32)62-16-10-39(64)54-47(62)68/h3-8,12,21-24,27,35,42H,1-2,9-11,13-20,25-26H2,(H,56,57)(H,52,55,66)(H,54,64,68). The van der Waals surface area contributed by atoms with E-state index in [-0.39, 0.29) is 61.8 Å². The molecule has 2 unspecified atom stereocenters. The van der Waals surface area contributed by atoms with Gasteiger partial charge in [0, 0.05) is 105 Å².